The largest absolute Gasteiger partial charge is 0.494 e. The van der Waals surface area contributed by atoms with E-state index in [1.54, 1.807) is 0 Å². The molecule has 0 aliphatic carbocycles. The summed E-state index contributed by atoms with van der Waals surface area (Å²) in [6.07, 6.45) is 4.90. The molecular weight excluding hydrogens is 348 g/mol. The summed E-state index contributed by atoms with van der Waals surface area (Å²) in [5.41, 5.74) is 2.16. The minimum absolute atomic E-state index is 0.525. The van der Waals surface area contributed by atoms with Crippen molar-refractivity contribution in [2.24, 2.45) is 5.92 Å². The zero-order valence-electron chi connectivity index (χ0n) is 17.7. The van der Waals surface area contributed by atoms with E-state index in [4.69, 9.17) is 9.47 Å². The van der Waals surface area contributed by atoms with E-state index >= 15 is 0 Å². The van der Waals surface area contributed by atoms with Crippen LogP contribution < -0.4 is 20.1 Å². The molecule has 4 heteroatoms. The van der Waals surface area contributed by atoms with E-state index < -0.39 is 0 Å². The van der Waals surface area contributed by atoms with Crippen LogP contribution in [0.15, 0.2) is 48.5 Å². The predicted octanol–water partition coefficient (Wildman–Crippen LogP) is 6.20. The monoisotopic (exact) mass is 384 g/mol. The van der Waals surface area contributed by atoms with Crippen molar-refractivity contribution in [1.82, 2.24) is 0 Å². The van der Waals surface area contributed by atoms with Crippen LogP contribution in [0.5, 0.6) is 11.5 Å². The second-order valence-electron chi connectivity index (χ2n) is 7.52. The SMILES string of the molecule is CCCCCCOc1cccc(NCCNc2cccc(OCC(C)C)c2)c1. The molecule has 4 nitrogen and oxygen atoms in total. The van der Waals surface area contributed by atoms with Crippen molar-refractivity contribution >= 4 is 11.4 Å². The minimum Gasteiger partial charge on any atom is -0.494 e. The summed E-state index contributed by atoms with van der Waals surface area (Å²) < 4.78 is 11.6. The first-order chi connectivity index (χ1) is 13.7. The summed E-state index contributed by atoms with van der Waals surface area (Å²) in [5, 5.41) is 6.88. The van der Waals surface area contributed by atoms with Gasteiger partial charge in [-0.15, -0.1) is 0 Å². The third kappa shape index (κ3) is 9.03. The number of hydrogen-bond acceptors (Lipinski definition) is 4. The van der Waals surface area contributed by atoms with Crippen LogP contribution in [0.1, 0.15) is 46.5 Å². The normalized spacial score (nSPS) is 10.7. The molecule has 2 rings (SSSR count). The fraction of sp³-hybridized carbons (Fsp3) is 0.500. The number of hydrogen-bond donors (Lipinski definition) is 2. The molecule has 2 aromatic carbocycles. The summed E-state index contributed by atoms with van der Waals surface area (Å²) in [6, 6.07) is 16.3. The smallest absolute Gasteiger partial charge is 0.121 e. The summed E-state index contributed by atoms with van der Waals surface area (Å²) in [5.74, 6) is 2.37. The quantitative estimate of drug-likeness (QED) is 0.380. The molecule has 0 radical (unpaired) electrons. The Labute approximate surface area is 170 Å². The molecule has 2 aromatic rings. The molecule has 0 bridgehead atoms. The first kappa shape index (κ1) is 21.9. The molecule has 0 unspecified atom stereocenters. The average molecular weight is 385 g/mol. The van der Waals surface area contributed by atoms with Crippen LogP contribution in [-0.4, -0.2) is 26.3 Å². The van der Waals surface area contributed by atoms with Crippen LogP contribution in [0, 0.1) is 5.92 Å². The highest BCUT2D eigenvalue weighted by molar-refractivity contribution is 5.50. The molecule has 0 saturated heterocycles. The summed E-state index contributed by atoms with van der Waals surface area (Å²) in [6.45, 7) is 9.72. The van der Waals surface area contributed by atoms with Crippen LogP contribution in [0.2, 0.25) is 0 Å². The third-order valence-electron chi connectivity index (χ3n) is 4.30. The molecule has 0 atom stereocenters. The van der Waals surface area contributed by atoms with E-state index in [1.807, 2.05) is 24.3 Å². The molecule has 0 aliphatic heterocycles. The van der Waals surface area contributed by atoms with Gasteiger partial charge in [0.15, 0.2) is 0 Å². The highest BCUT2D eigenvalue weighted by Crippen LogP contribution is 2.19. The zero-order valence-corrected chi connectivity index (χ0v) is 17.7. The molecule has 0 spiro atoms. The van der Waals surface area contributed by atoms with Gasteiger partial charge in [-0.25, -0.2) is 0 Å². The van der Waals surface area contributed by atoms with E-state index in [2.05, 4.69) is 55.7 Å². The molecule has 0 saturated carbocycles. The number of benzene rings is 2. The van der Waals surface area contributed by atoms with Crippen molar-refractivity contribution in [2.45, 2.75) is 46.5 Å². The number of nitrogens with one attached hydrogen (secondary N) is 2. The lowest BCUT2D eigenvalue weighted by Gasteiger charge is -2.12. The van der Waals surface area contributed by atoms with E-state index in [9.17, 15) is 0 Å². The summed E-state index contributed by atoms with van der Waals surface area (Å²) in [7, 11) is 0. The zero-order chi connectivity index (χ0) is 20.0. The van der Waals surface area contributed by atoms with Crippen molar-refractivity contribution < 1.29 is 9.47 Å². The van der Waals surface area contributed by atoms with Gasteiger partial charge < -0.3 is 20.1 Å². The van der Waals surface area contributed by atoms with Crippen molar-refractivity contribution in [2.75, 3.05) is 36.9 Å². The molecule has 0 heterocycles. The van der Waals surface area contributed by atoms with Gasteiger partial charge in [0.25, 0.3) is 0 Å². The Hall–Kier alpha value is -2.36. The van der Waals surface area contributed by atoms with Crippen molar-refractivity contribution in [3.63, 3.8) is 0 Å². The van der Waals surface area contributed by atoms with Gasteiger partial charge >= 0.3 is 0 Å². The lowest BCUT2D eigenvalue weighted by atomic mass is 10.2. The molecular formula is C24H36N2O2. The summed E-state index contributed by atoms with van der Waals surface area (Å²) in [4.78, 5) is 0. The maximum Gasteiger partial charge on any atom is 0.121 e. The van der Waals surface area contributed by atoms with Gasteiger partial charge in [-0.2, -0.15) is 0 Å². The van der Waals surface area contributed by atoms with Crippen LogP contribution in [-0.2, 0) is 0 Å². The third-order valence-corrected chi connectivity index (χ3v) is 4.30. The van der Waals surface area contributed by atoms with E-state index in [0.29, 0.717) is 5.92 Å². The minimum atomic E-state index is 0.525. The van der Waals surface area contributed by atoms with Crippen molar-refractivity contribution in [3.05, 3.63) is 48.5 Å². The number of anilines is 2. The number of unbranched alkanes of at least 4 members (excludes halogenated alkanes) is 3. The first-order valence-electron chi connectivity index (χ1n) is 10.6. The summed E-state index contributed by atoms with van der Waals surface area (Å²) >= 11 is 0. The molecule has 154 valence electrons. The second kappa shape index (κ2) is 12.9. The number of rotatable bonds is 14. The Kier molecular flexibility index (Phi) is 10.1. The molecule has 2 N–H and O–H groups in total. The van der Waals surface area contributed by atoms with E-state index in [1.165, 1.54) is 19.3 Å². The molecule has 28 heavy (non-hydrogen) atoms. The molecule has 0 aromatic heterocycles. The number of ether oxygens (including phenoxy) is 2. The average Bonchev–Trinajstić information content (AvgIpc) is 2.70. The lowest BCUT2D eigenvalue weighted by molar-refractivity contribution is 0.271. The maximum absolute atomic E-state index is 5.85. The lowest BCUT2D eigenvalue weighted by Crippen LogP contribution is -2.13. The van der Waals surface area contributed by atoms with Gasteiger partial charge in [-0.1, -0.05) is 52.2 Å². The first-order valence-corrected chi connectivity index (χ1v) is 10.6. The Morgan fingerprint density at radius 3 is 1.96 bits per heavy atom. The fourth-order valence-corrected chi connectivity index (χ4v) is 2.79. The Morgan fingerprint density at radius 1 is 0.786 bits per heavy atom. The van der Waals surface area contributed by atoms with E-state index in [0.717, 1.165) is 55.6 Å². The fourth-order valence-electron chi connectivity index (χ4n) is 2.79. The topological polar surface area (TPSA) is 42.5 Å². The Bertz CT molecular complexity index is 673. The van der Waals surface area contributed by atoms with Gasteiger partial charge in [-0.3, -0.25) is 0 Å². The van der Waals surface area contributed by atoms with Gasteiger partial charge in [0.05, 0.1) is 13.2 Å². The Balaban J connectivity index is 1.69. The van der Waals surface area contributed by atoms with Crippen molar-refractivity contribution in [1.29, 1.82) is 0 Å². The van der Waals surface area contributed by atoms with Crippen LogP contribution >= 0.6 is 0 Å². The van der Waals surface area contributed by atoms with E-state index in [-0.39, 0.29) is 0 Å². The second-order valence-corrected chi connectivity index (χ2v) is 7.52. The molecule has 0 amide bonds. The van der Waals surface area contributed by atoms with Gasteiger partial charge in [-0.05, 0) is 36.6 Å². The molecule has 0 fully saturated rings. The van der Waals surface area contributed by atoms with Gasteiger partial charge in [0.2, 0.25) is 0 Å². The van der Waals surface area contributed by atoms with Crippen molar-refractivity contribution in [3.8, 4) is 11.5 Å². The Morgan fingerprint density at radius 2 is 1.39 bits per heavy atom. The van der Waals surface area contributed by atoms with Crippen LogP contribution in [0.3, 0.4) is 0 Å². The standard InChI is InChI=1S/C24H36N2O2/c1-4-5-6-7-16-27-23-12-8-10-21(17-23)25-14-15-26-22-11-9-13-24(18-22)28-19-20(2)3/h8-13,17-18,20,25-26H,4-7,14-16,19H2,1-3H3. The van der Waals surface area contributed by atoms with Crippen LogP contribution in [0.4, 0.5) is 11.4 Å². The molecule has 0 aliphatic rings. The maximum atomic E-state index is 5.85. The van der Waals surface area contributed by atoms with Gasteiger partial charge in [0.1, 0.15) is 11.5 Å². The highest BCUT2D eigenvalue weighted by atomic mass is 16.5. The van der Waals surface area contributed by atoms with Crippen LogP contribution in [0.25, 0.3) is 0 Å². The van der Waals surface area contributed by atoms with Gasteiger partial charge in [0, 0.05) is 36.6 Å². The predicted molar refractivity (Wildman–Crippen MR) is 120 cm³/mol. The highest BCUT2D eigenvalue weighted by Gasteiger charge is 2.00.